The highest BCUT2D eigenvalue weighted by atomic mass is 16.5. The van der Waals surface area contributed by atoms with Crippen LogP contribution in [0.2, 0.25) is 0 Å². The Morgan fingerprint density at radius 3 is 2.81 bits per heavy atom. The number of urea groups is 1. The van der Waals surface area contributed by atoms with Crippen LogP contribution in [-0.4, -0.2) is 41.5 Å². The fourth-order valence-corrected chi connectivity index (χ4v) is 3.70. The zero-order valence-electron chi connectivity index (χ0n) is 14.9. The summed E-state index contributed by atoms with van der Waals surface area (Å²) in [5, 5.41) is 2.83. The highest BCUT2D eigenvalue weighted by Gasteiger charge is 2.55. The zero-order chi connectivity index (χ0) is 18.6. The van der Waals surface area contributed by atoms with Gasteiger partial charge in [0, 0.05) is 0 Å². The van der Waals surface area contributed by atoms with Crippen LogP contribution in [0.4, 0.5) is 4.79 Å². The summed E-state index contributed by atoms with van der Waals surface area (Å²) in [5.74, 6) is -0.819. The van der Waals surface area contributed by atoms with Crippen LogP contribution in [0.25, 0.3) is 6.08 Å². The Labute approximate surface area is 153 Å². The molecule has 0 aromatic heterocycles. The van der Waals surface area contributed by atoms with Crippen molar-refractivity contribution in [2.75, 3.05) is 13.2 Å². The number of esters is 1. The second kappa shape index (κ2) is 7.72. The number of hydrogen-bond donors (Lipinski definition) is 1. The molecule has 1 saturated carbocycles. The first-order valence-corrected chi connectivity index (χ1v) is 9.04. The lowest BCUT2D eigenvalue weighted by molar-refractivity contribution is -0.147. The summed E-state index contributed by atoms with van der Waals surface area (Å²) in [6.45, 7) is 1.73. The van der Waals surface area contributed by atoms with E-state index in [1.165, 1.54) is 0 Å². The van der Waals surface area contributed by atoms with Crippen LogP contribution in [0, 0.1) is 5.92 Å². The molecule has 3 amide bonds. The molecule has 1 aromatic rings. The van der Waals surface area contributed by atoms with E-state index in [9.17, 15) is 14.4 Å². The number of hydrogen-bond acceptors (Lipinski definition) is 4. The molecule has 6 nitrogen and oxygen atoms in total. The molecule has 2 aliphatic rings. The summed E-state index contributed by atoms with van der Waals surface area (Å²) >= 11 is 0. The van der Waals surface area contributed by atoms with Crippen molar-refractivity contribution in [2.24, 2.45) is 5.92 Å². The van der Waals surface area contributed by atoms with Crippen LogP contribution in [0.3, 0.4) is 0 Å². The fourth-order valence-electron chi connectivity index (χ4n) is 3.70. The van der Waals surface area contributed by atoms with Gasteiger partial charge in [-0.1, -0.05) is 56.2 Å². The predicted molar refractivity (Wildman–Crippen MR) is 97.0 cm³/mol. The monoisotopic (exact) mass is 356 g/mol. The van der Waals surface area contributed by atoms with E-state index in [1.54, 1.807) is 6.08 Å². The van der Waals surface area contributed by atoms with Gasteiger partial charge in [0.1, 0.15) is 18.7 Å². The van der Waals surface area contributed by atoms with Crippen LogP contribution in [0.5, 0.6) is 0 Å². The van der Waals surface area contributed by atoms with Crippen LogP contribution in [0.1, 0.15) is 38.2 Å². The minimum atomic E-state index is -0.844. The molecule has 1 aromatic carbocycles. The lowest BCUT2D eigenvalue weighted by Crippen LogP contribution is -2.54. The van der Waals surface area contributed by atoms with Gasteiger partial charge in [-0.05, 0) is 30.4 Å². The molecule has 138 valence electrons. The number of benzene rings is 1. The average Bonchev–Trinajstić information content (AvgIpc) is 2.87. The van der Waals surface area contributed by atoms with E-state index in [1.807, 2.05) is 43.3 Å². The van der Waals surface area contributed by atoms with Crippen molar-refractivity contribution in [3.8, 4) is 0 Å². The number of carbonyl (C=O) groups is 3. The molecule has 1 heterocycles. The molecular formula is C20H24N2O4. The smallest absolute Gasteiger partial charge is 0.326 e. The summed E-state index contributed by atoms with van der Waals surface area (Å²) in [6, 6.07) is 9.15. The summed E-state index contributed by atoms with van der Waals surface area (Å²) in [4.78, 5) is 38.0. The second-order valence-electron chi connectivity index (χ2n) is 6.94. The molecule has 1 aliphatic heterocycles. The lowest BCUT2D eigenvalue weighted by Gasteiger charge is -2.36. The van der Waals surface area contributed by atoms with E-state index in [-0.39, 0.29) is 25.0 Å². The third-order valence-electron chi connectivity index (χ3n) is 5.24. The molecule has 0 radical (unpaired) electrons. The Hall–Kier alpha value is -2.63. The van der Waals surface area contributed by atoms with Crippen molar-refractivity contribution in [3.63, 3.8) is 0 Å². The Balaban J connectivity index is 1.53. The largest absolute Gasteiger partial charge is 0.460 e. The molecule has 1 saturated heterocycles. The van der Waals surface area contributed by atoms with Gasteiger partial charge in [-0.2, -0.15) is 0 Å². The second-order valence-corrected chi connectivity index (χ2v) is 6.94. The molecule has 1 N–H and O–H groups in total. The van der Waals surface area contributed by atoms with E-state index in [2.05, 4.69) is 5.32 Å². The van der Waals surface area contributed by atoms with Gasteiger partial charge in [0.15, 0.2) is 0 Å². The molecule has 2 fully saturated rings. The molecule has 0 bridgehead atoms. The first-order chi connectivity index (χ1) is 12.5. The lowest BCUT2D eigenvalue weighted by atomic mass is 9.73. The SMILES string of the molecule is CC1CCCCC12NC(=O)N(CC(=O)OC/C=C/c1ccccc1)C2=O. The third-order valence-corrected chi connectivity index (χ3v) is 5.24. The summed E-state index contributed by atoms with van der Waals surface area (Å²) in [7, 11) is 0. The van der Waals surface area contributed by atoms with Crippen molar-refractivity contribution in [1.82, 2.24) is 10.2 Å². The average molecular weight is 356 g/mol. The highest BCUT2D eigenvalue weighted by Crippen LogP contribution is 2.38. The van der Waals surface area contributed by atoms with Crippen molar-refractivity contribution in [1.29, 1.82) is 0 Å². The molecular weight excluding hydrogens is 332 g/mol. The third kappa shape index (κ3) is 3.64. The van der Waals surface area contributed by atoms with Gasteiger partial charge in [-0.3, -0.25) is 14.5 Å². The quantitative estimate of drug-likeness (QED) is 0.650. The van der Waals surface area contributed by atoms with Crippen molar-refractivity contribution in [2.45, 2.75) is 38.1 Å². The van der Waals surface area contributed by atoms with Gasteiger partial charge in [0.25, 0.3) is 5.91 Å². The summed E-state index contributed by atoms with van der Waals surface area (Å²) in [6.07, 6.45) is 7.06. The molecule has 1 aliphatic carbocycles. The minimum absolute atomic E-state index is 0.0718. The van der Waals surface area contributed by atoms with Crippen LogP contribution >= 0.6 is 0 Å². The fraction of sp³-hybridized carbons (Fsp3) is 0.450. The van der Waals surface area contributed by atoms with E-state index in [0.717, 1.165) is 29.7 Å². The molecule has 26 heavy (non-hydrogen) atoms. The molecule has 1 spiro atoms. The van der Waals surface area contributed by atoms with Gasteiger partial charge in [-0.15, -0.1) is 0 Å². The topological polar surface area (TPSA) is 75.7 Å². The van der Waals surface area contributed by atoms with Gasteiger partial charge in [0.2, 0.25) is 0 Å². The van der Waals surface area contributed by atoms with Crippen LogP contribution < -0.4 is 5.32 Å². The van der Waals surface area contributed by atoms with Crippen LogP contribution in [-0.2, 0) is 14.3 Å². The molecule has 3 rings (SSSR count). The molecule has 6 heteroatoms. The number of carbonyl (C=O) groups excluding carboxylic acids is 3. The normalized spacial score (nSPS) is 25.7. The zero-order valence-corrected chi connectivity index (χ0v) is 14.9. The minimum Gasteiger partial charge on any atom is -0.460 e. The van der Waals surface area contributed by atoms with Crippen LogP contribution in [0.15, 0.2) is 36.4 Å². The van der Waals surface area contributed by atoms with Gasteiger partial charge >= 0.3 is 12.0 Å². The standard InChI is InChI=1S/C20H24N2O4/c1-15-8-5-6-12-20(15)18(24)22(19(25)21-20)14-17(23)26-13-7-11-16-9-3-2-4-10-16/h2-4,7,9-11,15H,5-6,8,12-14H2,1H3,(H,21,25)/b11-7+. The number of ether oxygens (including phenoxy) is 1. The molecule has 2 unspecified atom stereocenters. The van der Waals surface area contributed by atoms with Gasteiger partial charge in [-0.25, -0.2) is 4.79 Å². The summed E-state index contributed by atoms with van der Waals surface area (Å²) in [5.41, 5.74) is 0.161. The molecule has 2 atom stereocenters. The van der Waals surface area contributed by atoms with E-state index in [0.29, 0.717) is 6.42 Å². The first kappa shape index (κ1) is 18.2. The van der Waals surface area contributed by atoms with Gasteiger partial charge < -0.3 is 10.1 Å². The van der Waals surface area contributed by atoms with Crippen molar-refractivity contribution >= 4 is 24.0 Å². The first-order valence-electron chi connectivity index (χ1n) is 9.04. The number of rotatable bonds is 5. The Bertz CT molecular complexity index is 716. The Morgan fingerprint density at radius 1 is 1.31 bits per heavy atom. The highest BCUT2D eigenvalue weighted by molar-refractivity contribution is 6.08. The van der Waals surface area contributed by atoms with E-state index in [4.69, 9.17) is 4.74 Å². The number of imide groups is 1. The van der Waals surface area contributed by atoms with E-state index >= 15 is 0 Å². The van der Waals surface area contributed by atoms with Crippen molar-refractivity contribution in [3.05, 3.63) is 42.0 Å². The maximum atomic E-state index is 12.8. The Morgan fingerprint density at radius 2 is 2.08 bits per heavy atom. The maximum absolute atomic E-state index is 12.8. The predicted octanol–water partition coefficient (Wildman–Crippen LogP) is 2.74. The number of amides is 3. The number of nitrogens with one attached hydrogen (secondary N) is 1. The summed E-state index contributed by atoms with van der Waals surface area (Å²) < 4.78 is 5.13. The van der Waals surface area contributed by atoms with Gasteiger partial charge in [0.05, 0.1) is 0 Å². The Kier molecular flexibility index (Phi) is 5.40. The van der Waals surface area contributed by atoms with Crippen molar-refractivity contribution < 1.29 is 19.1 Å². The van der Waals surface area contributed by atoms with E-state index < -0.39 is 17.5 Å². The number of nitrogens with zero attached hydrogens (tertiary/aromatic N) is 1. The maximum Gasteiger partial charge on any atom is 0.326 e.